The SMILES string of the molecule is O=C(O)c1ccccc1Oc1cccc(O)c1. The number of hydrogen-bond acceptors (Lipinski definition) is 3. The zero-order chi connectivity index (χ0) is 12.3. The van der Waals surface area contributed by atoms with Crippen molar-refractivity contribution in [2.75, 3.05) is 0 Å². The lowest BCUT2D eigenvalue weighted by atomic mass is 10.2. The molecule has 0 aliphatic carbocycles. The molecule has 0 bridgehead atoms. The molecule has 0 aliphatic rings. The summed E-state index contributed by atoms with van der Waals surface area (Å²) in [5.74, 6) is -0.361. The number of carboxylic acid groups (broad SMARTS) is 1. The number of phenols is 1. The van der Waals surface area contributed by atoms with Crippen LogP contribution in [0.4, 0.5) is 0 Å². The Kier molecular flexibility index (Phi) is 2.96. The van der Waals surface area contributed by atoms with Gasteiger partial charge in [0.1, 0.15) is 22.8 Å². The Morgan fingerprint density at radius 2 is 1.82 bits per heavy atom. The van der Waals surface area contributed by atoms with E-state index in [2.05, 4.69) is 0 Å². The van der Waals surface area contributed by atoms with Gasteiger partial charge in [-0.25, -0.2) is 4.79 Å². The zero-order valence-electron chi connectivity index (χ0n) is 8.83. The molecule has 0 amide bonds. The van der Waals surface area contributed by atoms with Gasteiger partial charge in [0.2, 0.25) is 0 Å². The number of carboxylic acids is 1. The van der Waals surface area contributed by atoms with Gasteiger partial charge in [-0.2, -0.15) is 0 Å². The minimum atomic E-state index is -1.05. The van der Waals surface area contributed by atoms with Crippen molar-refractivity contribution in [2.45, 2.75) is 0 Å². The van der Waals surface area contributed by atoms with Crippen molar-refractivity contribution in [3.05, 3.63) is 54.1 Å². The van der Waals surface area contributed by atoms with Gasteiger partial charge in [-0.15, -0.1) is 0 Å². The molecule has 4 nitrogen and oxygen atoms in total. The van der Waals surface area contributed by atoms with Crippen molar-refractivity contribution >= 4 is 5.97 Å². The van der Waals surface area contributed by atoms with Crippen LogP contribution >= 0.6 is 0 Å². The fourth-order valence-electron chi connectivity index (χ4n) is 1.41. The number of para-hydroxylation sites is 1. The molecule has 0 saturated heterocycles. The maximum Gasteiger partial charge on any atom is 0.339 e. The van der Waals surface area contributed by atoms with Gasteiger partial charge in [-0.05, 0) is 24.3 Å². The second-order valence-electron chi connectivity index (χ2n) is 3.40. The molecule has 0 radical (unpaired) electrons. The summed E-state index contributed by atoms with van der Waals surface area (Å²) in [5, 5.41) is 18.2. The fourth-order valence-corrected chi connectivity index (χ4v) is 1.41. The molecule has 17 heavy (non-hydrogen) atoms. The van der Waals surface area contributed by atoms with Crippen LogP contribution in [-0.4, -0.2) is 16.2 Å². The van der Waals surface area contributed by atoms with Crippen molar-refractivity contribution in [3.63, 3.8) is 0 Å². The van der Waals surface area contributed by atoms with Crippen molar-refractivity contribution in [3.8, 4) is 17.2 Å². The van der Waals surface area contributed by atoms with Gasteiger partial charge < -0.3 is 14.9 Å². The summed E-state index contributed by atoms with van der Waals surface area (Å²) in [6.45, 7) is 0. The van der Waals surface area contributed by atoms with Crippen LogP contribution in [0.15, 0.2) is 48.5 Å². The highest BCUT2D eigenvalue weighted by atomic mass is 16.5. The number of phenolic OH excluding ortho intramolecular Hbond substituents is 1. The first-order chi connectivity index (χ1) is 8.16. The van der Waals surface area contributed by atoms with Crippen LogP contribution in [0.25, 0.3) is 0 Å². The smallest absolute Gasteiger partial charge is 0.339 e. The molecule has 2 rings (SSSR count). The predicted molar refractivity (Wildman–Crippen MR) is 61.6 cm³/mol. The second kappa shape index (κ2) is 4.57. The molecule has 0 heterocycles. The van der Waals surface area contributed by atoms with Gasteiger partial charge in [0.15, 0.2) is 0 Å². The van der Waals surface area contributed by atoms with Crippen molar-refractivity contribution in [1.82, 2.24) is 0 Å². The minimum absolute atomic E-state index is 0.0651. The Morgan fingerprint density at radius 1 is 1.06 bits per heavy atom. The number of carbonyl (C=O) groups is 1. The first-order valence-electron chi connectivity index (χ1n) is 4.96. The molecule has 0 aliphatic heterocycles. The quantitative estimate of drug-likeness (QED) is 0.850. The Bertz CT molecular complexity index is 549. The summed E-state index contributed by atoms with van der Waals surface area (Å²) in [7, 11) is 0. The number of hydrogen-bond donors (Lipinski definition) is 2. The molecule has 4 heteroatoms. The Labute approximate surface area is 97.7 Å². The molecule has 86 valence electrons. The third-order valence-corrected chi connectivity index (χ3v) is 2.16. The third-order valence-electron chi connectivity index (χ3n) is 2.16. The zero-order valence-corrected chi connectivity index (χ0v) is 8.83. The van der Waals surface area contributed by atoms with E-state index < -0.39 is 5.97 Å². The summed E-state index contributed by atoms with van der Waals surface area (Å²) in [5.41, 5.74) is 0.0795. The lowest BCUT2D eigenvalue weighted by molar-refractivity contribution is 0.0694. The Morgan fingerprint density at radius 3 is 2.53 bits per heavy atom. The molecule has 2 aromatic rings. The van der Waals surface area contributed by atoms with Crippen LogP contribution in [0.5, 0.6) is 17.2 Å². The van der Waals surface area contributed by atoms with Crippen LogP contribution in [0.3, 0.4) is 0 Å². The van der Waals surface area contributed by atoms with Crippen LogP contribution in [0.1, 0.15) is 10.4 Å². The minimum Gasteiger partial charge on any atom is -0.508 e. The predicted octanol–water partition coefficient (Wildman–Crippen LogP) is 2.88. The molecule has 2 N–H and O–H groups in total. The monoisotopic (exact) mass is 230 g/mol. The average Bonchev–Trinajstić information content (AvgIpc) is 2.29. The van der Waals surface area contributed by atoms with Crippen LogP contribution in [0.2, 0.25) is 0 Å². The largest absolute Gasteiger partial charge is 0.508 e. The maximum absolute atomic E-state index is 10.9. The highest BCUT2D eigenvalue weighted by Gasteiger charge is 2.10. The first-order valence-corrected chi connectivity index (χ1v) is 4.96. The van der Waals surface area contributed by atoms with Crippen LogP contribution in [-0.2, 0) is 0 Å². The molecular formula is C13H10O4. The van der Waals surface area contributed by atoms with Gasteiger partial charge in [0.05, 0.1) is 0 Å². The summed E-state index contributed by atoms with van der Waals surface area (Å²) >= 11 is 0. The van der Waals surface area contributed by atoms with E-state index in [-0.39, 0.29) is 17.1 Å². The third kappa shape index (κ3) is 2.55. The Balaban J connectivity index is 2.33. The topological polar surface area (TPSA) is 66.8 Å². The molecule has 0 unspecified atom stereocenters. The highest BCUT2D eigenvalue weighted by Crippen LogP contribution is 2.27. The number of rotatable bonds is 3. The van der Waals surface area contributed by atoms with E-state index in [1.807, 2.05) is 0 Å². The van der Waals surface area contributed by atoms with E-state index in [4.69, 9.17) is 9.84 Å². The van der Waals surface area contributed by atoms with E-state index in [0.717, 1.165) is 0 Å². The van der Waals surface area contributed by atoms with Crippen LogP contribution in [0, 0.1) is 0 Å². The van der Waals surface area contributed by atoms with E-state index >= 15 is 0 Å². The van der Waals surface area contributed by atoms with E-state index in [1.165, 1.54) is 18.2 Å². The molecule has 0 fully saturated rings. The van der Waals surface area contributed by atoms with Gasteiger partial charge in [-0.3, -0.25) is 0 Å². The standard InChI is InChI=1S/C13H10O4/c14-9-4-3-5-10(8-9)17-12-7-2-1-6-11(12)13(15)16/h1-8,14H,(H,15,16). The highest BCUT2D eigenvalue weighted by molar-refractivity contribution is 5.90. The van der Waals surface area contributed by atoms with Crippen molar-refractivity contribution in [2.24, 2.45) is 0 Å². The van der Waals surface area contributed by atoms with E-state index in [9.17, 15) is 9.90 Å². The average molecular weight is 230 g/mol. The number of aromatic carboxylic acids is 1. The van der Waals surface area contributed by atoms with E-state index in [0.29, 0.717) is 5.75 Å². The molecular weight excluding hydrogens is 220 g/mol. The summed E-state index contributed by atoms with van der Waals surface area (Å²) in [6.07, 6.45) is 0. The van der Waals surface area contributed by atoms with Gasteiger partial charge >= 0.3 is 5.97 Å². The summed E-state index contributed by atoms with van der Waals surface area (Å²) in [4.78, 5) is 10.9. The van der Waals surface area contributed by atoms with Crippen LogP contribution < -0.4 is 4.74 Å². The number of ether oxygens (including phenoxy) is 1. The van der Waals surface area contributed by atoms with E-state index in [1.54, 1.807) is 30.3 Å². The summed E-state index contributed by atoms with van der Waals surface area (Å²) < 4.78 is 5.41. The molecule has 0 spiro atoms. The second-order valence-corrected chi connectivity index (χ2v) is 3.40. The fraction of sp³-hybridized carbons (Fsp3) is 0. The lowest BCUT2D eigenvalue weighted by Crippen LogP contribution is -1.99. The van der Waals surface area contributed by atoms with Gasteiger partial charge in [0.25, 0.3) is 0 Å². The van der Waals surface area contributed by atoms with Crippen molar-refractivity contribution in [1.29, 1.82) is 0 Å². The molecule has 0 saturated carbocycles. The molecule has 0 aromatic heterocycles. The lowest BCUT2D eigenvalue weighted by Gasteiger charge is -2.08. The van der Waals surface area contributed by atoms with Gasteiger partial charge in [0, 0.05) is 6.07 Å². The maximum atomic E-state index is 10.9. The summed E-state index contributed by atoms with van der Waals surface area (Å²) in [6, 6.07) is 12.5. The first kappa shape index (κ1) is 11.0. The van der Waals surface area contributed by atoms with Gasteiger partial charge in [-0.1, -0.05) is 18.2 Å². The van der Waals surface area contributed by atoms with Crippen molar-refractivity contribution < 1.29 is 19.7 Å². The Hall–Kier alpha value is -2.49. The normalized spacial score (nSPS) is 9.88. The molecule has 0 atom stereocenters. The molecule has 2 aromatic carbocycles. The number of benzene rings is 2. The number of aromatic hydroxyl groups is 1.